The summed E-state index contributed by atoms with van der Waals surface area (Å²) in [5.41, 5.74) is 2.05. The summed E-state index contributed by atoms with van der Waals surface area (Å²) in [5, 5.41) is 9.42. The van der Waals surface area contributed by atoms with E-state index < -0.39 is 0 Å². The Bertz CT molecular complexity index is 536. The van der Waals surface area contributed by atoms with Gasteiger partial charge in [-0.15, -0.1) is 6.58 Å². The van der Waals surface area contributed by atoms with Gasteiger partial charge in [-0.3, -0.25) is 0 Å². The Hall–Kier alpha value is -2.56. The maximum absolute atomic E-state index is 4.18. The van der Waals surface area contributed by atoms with Crippen LogP contribution in [-0.2, 0) is 0 Å². The molecule has 98 valence electrons. The van der Waals surface area contributed by atoms with Crippen LogP contribution in [0.5, 0.6) is 0 Å². The molecule has 0 aliphatic heterocycles. The average Bonchev–Trinajstić information content (AvgIpc) is 2.46. The van der Waals surface area contributed by atoms with E-state index in [1.165, 1.54) is 6.33 Å². The van der Waals surface area contributed by atoms with Gasteiger partial charge in [0.1, 0.15) is 18.0 Å². The largest absolute Gasteiger partial charge is 0.388 e. The van der Waals surface area contributed by atoms with Crippen molar-refractivity contribution in [2.45, 2.75) is 0 Å². The van der Waals surface area contributed by atoms with Crippen molar-refractivity contribution in [3.63, 3.8) is 0 Å². The highest BCUT2D eigenvalue weighted by atomic mass is 15.1. The molecule has 0 unspecified atom stereocenters. The van der Waals surface area contributed by atoms with E-state index in [-0.39, 0.29) is 0 Å². The molecule has 1 heterocycles. The molecule has 1 aromatic carbocycles. The molecule has 2 rings (SSSR count). The van der Waals surface area contributed by atoms with Crippen LogP contribution in [0.3, 0.4) is 0 Å². The first-order chi connectivity index (χ1) is 9.31. The van der Waals surface area contributed by atoms with Crippen molar-refractivity contribution in [1.29, 1.82) is 0 Å². The molecule has 5 heteroatoms. The molecule has 0 radical (unpaired) electrons. The van der Waals surface area contributed by atoms with Gasteiger partial charge in [0.2, 0.25) is 0 Å². The van der Waals surface area contributed by atoms with Crippen molar-refractivity contribution in [3.8, 4) is 0 Å². The summed E-state index contributed by atoms with van der Waals surface area (Å²) in [6, 6.07) is 9.84. The summed E-state index contributed by atoms with van der Waals surface area (Å²) >= 11 is 0. The highest BCUT2D eigenvalue weighted by Crippen LogP contribution is 2.18. The van der Waals surface area contributed by atoms with Gasteiger partial charge in [-0.2, -0.15) is 0 Å². The molecule has 5 nitrogen and oxygen atoms in total. The minimum absolute atomic E-state index is 0.674. The van der Waals surface area contributed by atoms with E-state index in [1.807, 2.05) is 37.4 Å². The Balaban J connectivity index is 2.06. The lowest BCUT2D eigenvalue weighted by atomic mass is 10.3. The van der Waals surface area contributed by atoms with Gasteiger partial charge in [0, 0.05) is 31.0 Å². The molecule has 0 amide bonds. The first-order valence-electron chi connectivity index (χ1n) is 6.03. The van der Waals surface area contributed by atoms with Gasteiger partial charge in [0.05, 0.1) is 0 Å². The zero-order valence-corrected chi connectivity index (χ0v) is 10.9. The van der Waals surface area contributed by atoms with Gasteiger partial charge in [0.25, 0.3) is 0 Å². The molecular formula is C14H17N5. The number of hydrogen-bond donors (Lipinski definition) is 3. The van der Waals surface area contributed by atoms with Crippen LogP contribution in [0.4, 0.5) is 23.0 Å². The lowest BCUT2D eigenvalue weighted by molar-refractivity contribution is 1.14. The second-order valence-corrected chi connectivity index (χ2v) is 3.91. The molecule has 0 atom stereocenters. The van der Waals surface area contributed by atoms with E-state index in [0.717, 1.165) is 23.0 Å². The van der Waals surface area contributed by atoms with Gasteiger partial charge in [-0.1, -0.05) is 6.08 Å². The number of anilines is 4. The van der Waals surface area contributed by atoms with Crippen molar-refractivity contribution in [1.82, 2.24) is 9.97 Å². The van der Waals surface area contributed by atoms with E-state index in [4.69, 9.17) is 0 Å². The first-order valence-corrected chi connectivity index (χ1v) is 6.03. The summed E-state index contributed by atoms with van der Waals surface area (Å²) in [7, 11) is 1.89. The Morgan fingerprint density at radius 2 is 1.79 bits per heavy atom. The molecule has 19 heavy (non-hydrogen) atoms. The van der Waals surface area contributed by atoms with E-state index in [2.05, 4.69) is 32.5 Å². The average molecular weight is 255 g/mol. The van der Waals surface area contributed by atoms with Gasteiger partial charge >= 0.3 is 0 Å². The van der Waals surface area contributed by atoms with Gasteiger partial charge in [0.15, 0.2) is 0 Å². The van der Waals surface area contributed by atoms with Crippen LogP contribution in [0.25, 0.3) is 0 Å². The normalized spacial score (nSPS) is 9.74. The monoisotopic (exact) mass is 255 g/mol. The predicted octanol–water partition coefficient (Wildman–Crippen LogP) is 2.86. The van der Waals surface area contributed by atoms with Gasteiger partial charge in [-0.05, 0) is 24.3 Å². The summed E-state index contributed by atoms with van der Waals surface area (Å²) in [6.07, 6.45) is 3.31. The van der Waals surface area contributed by atoms with E-state index in [1.54, 1.807) is 6.08 Å². The van der Waals surface area contributed by atoms with Crippen LogP contribution in [-0.4, -0.2) is 23.6 Å². The number of nitrogens with zero attached hydrogens (tertiary/aromatic N) is 2. The van der Waals surface area contributed by atoms with Crippen LogP contribution in [0.2, 0.25) is 0 Å². The fourth-order valence-electron chi connectivity index (χ4n) is 1.57. The number of aromatic nitrogens is 2. The molecule has 0 saturated heterocycles. The van der Waals surface area contributed by atoms with E-state index in [9.17, 15) is 0 Å². The highest BCUT2D eigenvalue weighted by Gasteiger charge is 1.99. The molecule has 3 N–H and O–H groups in total. The van der Waals surface area contributed by atoms with E-state index in [0.29, 0.717) is 6.54 Å². The van der Waals surface area contributed by atoms with Crippen molar-refractivity contribution in [3.05, 3.63) is 49.3 Å². The molecular weight excluding hydrogens is 238 g/mol. The van der Waals surface area contributed by atoms with Crippen LogP contribution in [0.1, 0.15) is 0 Å². The fraction of sp³-hybridized carbons (Fsp3) is 0.143. The van der Waals surface area contributed by atoms with Crippen molar-refractivity contribution < 1.29 is 0 Å². The Labute approximate surface area is 112 Å². The van der Waals surface area contributed by atoms with Gasteiger partial charge in [-0.25, -0.2) is 9.97 Å². The third kappa shape index (κ3) is 3.70. The van der Waals surface area contributed by atoms with Crippen LogP contribution in [0.15, 0.2) is 49.3 Å². The zero-order valence-electron chi connectivity index (χ0n) is 10.9. The Morgan fingerprint density at radius 3 is 2.47 bits per heavy atom. The van der Waals surface area contributed by atoms with Crippen molar-refractivity contribution in [2.24, 2.45) is 0 Å². The van der Waals surface area contributed by atoms with Crippen LogP contribution < -0.4 is 16.0 Å². The number of nitrogens with one attached hydrogen (secondary N) is 3. The lowest BCUT2D eigenvalue weighted by Gasteiger charge is -2.08. The zero-order chi connectivity index (χ0) is 13.5. The number of hydrogen-bond acceptors (Lipinski definition) is 5. The Kier molecular flexibility index (Phi) is 4.34. The quantitative estimate of drug-likeness (QED) is 0.693. The molecule has 0 bridgehead atoms. The summed E-state index contributed by atoms with van der Waals surface area (Å²) in [5.74, 6) is 1.52. The second-order valence-electron chi connectivity index (χ2n) is 3.91. The van der Waals surface area contributed by atoms with Crippen LogP contribution >= 0.6 is 0 Å². The fourth-order valence-corrected chi connectivity index (χ4v) is 1.57. The molecule has 0 saturated carbocycles. The summed E-state index contributed by atoms with van der Waals surface area (Å²) in [4.78, 5) is 8.31. The molecule has 2 aromatic rings. The SMILES string of the molecule is C=CCNc1cc(Nc2ccc(NC)cc2)ncn1. The molecule has 0 aliphatic rings. The smallest absolute Gasteiger partial charge is 0.135 e. The Morgan fingerprint density at radius 1 is 1.11 bits per heavy atom. The maximum atomic E-state index is 4.18. The third-order valence-electron chi connectivity index (χ3n) is 2.54. The minimum atomic E-state index is 0.674. The second kappa shape index (κ2) is 6.39. The number of benzene rings is 1. The third-order valence-corrected chi connectivity index (χ3v) is 2.54. The van der Waals surface area contributed by atoms with Crippen molar-refractivity contribution in [2.75, 3.05) is 29.5 Å². The topological polar surface area (TPSA) is 61.9 Å². The molecule has 1 aromatic heterocycles. The maximum Gasteiger partial charge on any atom is 0.135 e. The molecule has 0 spiro atoms. The standard InChI is InChI=1S/C14H17N5/c1-3-8-16-13-9-14(18-10-17-13)19-12-6-4-11(15-2)5-7-12/h3-7,9-10,15H,1,8H2,2H3,(H2,16,17,18,19). The van der Waals surface area contributed by atoms with Gasteiger partial charge < -0.3 is 16.0 Å². The lowest BCUT2D eigenvalue weighted by Crippen LogP contribution is -2.02. The first kappa shape index (κ1) is 12.9. The van der Waals surface area contributed by atoms with Crippen LogP contribution in [0, 0.1) is 0 Å². The minimum Gasteiger partial charge on any atom is -0.388 e. The predicted molar refractivity (Wildman–Crippen MR) is 80.0 cm³/mol. The summed E-state index contributed by atoms with van der Waals surface area (Å²) in [6.45, 7) is 4.33. The van der Waals surface area contributed by atoms with Crippen molar-refractivity contribution >= 4 is 23.0 Å². The van der Waals surface area contributed by atoms with E-state index >= 15 is 0 Å². The molecule has 0 fully saturated rings. The highest BCUT2D eigenvalue weighted by molar-refractivity contribution is 5.61. The summed E-state index contributed by atoms with van der Waals surface area (Å²) < 4.78 is 0. The molecule has 0 aliphatic carbocycles. The number of rotatable bonds is 6.